The van der Waals surface area contributed by atoms with Gasteiger partial charge in [0.05, 0.1) is 6.42 Å². The first-order valence-corrected chi connectivity index (χ1v) is 8.16. The summed E-state index contributed by atoms with van der Waals surface area (Å²) in [5.41, 5.74) is 3.19. The maximum atomic E-state index is 11.2. The lowest BCUT2D eigenvalue weighted by molar-refractivity contribution is -0.151. The number of unbranched alkanes of at least 4 members (excludes halogenated alkanes) is 9. The summed E-state index contributed by atoms with van der Waals surface area (Å²) in [6.45, 7) is 2.21. The average Bonchev–Trinajstić information content (AvgIpc) is 2.40. The van der Waals surface area contributed by atoms with Gasteiger partial charge < -0.3 is 15.9 Å². The fourth-order valence-electron chi connectivity index (χ4n) is 2.45. The monoisotopic (exact) mass is 301 g/mol. The number of carbonyl (C=O) groups excluding carboxylic acids is 1. The summed E-state index contributed by atoms with van der Waals surface area (Å²) in [4.78, 5) is 21.8. The van der Waals surface area contributed by atoms with Crippen molar-refractivity contribution in [3.8, 4) is 0 Å². The Morgan fingerprint density at radius 2 is 1.33 bits per heavy atom. The van der Waals surface area contributed by atoms with Gasteiger partial charge in [0.15, 0.2) is 5.60 Å². The fraction of sp³-hybridized carbons (Fsp3) is 0.875. The first-order valence-electron chi connectivity index (χ1n) is 8.16. The van der Waals surface area contributed by atoms with Crippen LogP contribution in [-0.4, -0.2) is 27.7 Å². The Labute approximate surface area is 127 Å². The standard InChI is InChI=1S/C16H31NO4/c1-2-3-4-5-6-7-8-9-10-11-12-16(21,15(17)20)13-14(18)19/h21H,2-13H2,1H3,(H2,17,20)(H,18,19). The van der Waals surface area contributed by atoms with Gasteiger partial charge in [-0.25, -0.2) is 0 Å². The molecule has 4 N–H and O–H groups in total. The first kappa shape index (κ1) is 19.9. The van der Waals surface area contributed by atoms with Crippen LogP contribution < -0.4 is 5.73 Å². The smallest absolute Gasteiger partial charge is 0.306 e. The molecule has 5 nitrogen and oxygen atoms in total. The van der Waals surface area contributed by atoms with E-state index in [-0.39, 0.29) is 6.42 Å². The van der Waals surface area contributed by atoms with Gasteiger partial charge in [-0.05, 0) is 6.42 Å². The largest absolute Gasteiger partial charge is 0.481 e. The Bertz CT molecular complexity index is 307. The van der Waals surface area contributed by atoms with Crippen LogP contribution in [0, 0.1) is 0 Å². The summed E-state index contributed by atoms with van der Waals surface area (Å²) in [5, 5.41) is 18.6. The molecule has 0 aliphatic heterocycles. The summed E-state index contributed by atoms with van der Waals surface area (Å²) in [6.07, 6.45) is 10.9. The van der Waals surface area contributed by atoms with E-state index in [9.17, 15) is 14.7 Å². The Morgan fingerprint density at radius 3 is 1.71 bits per heavy atom. The second-order valence-corrected chi connectivity index (χ2v) is 5.90. The van der Waals surface area contributed by atoms with Crippen molar-refractivity contribution in [2.75, 3.05) is 0 Å². The van der Waals surface area contributed by atoms with Gasteiger partial charge in [-0.3, -0.25) is 9.59 Å². The lowest BCUT2D eigenvalue weighted by Crippen LogP contribution is -2.45. The Hall–Kier alpha value is -1.10. The van der Waals surface area contributed by atoms with Gasteiger partial charge in [-0.15, -0.1) is 0 Å². The highest BCUT2D eigenvalue weighted by Crippen LogP contribution is 2.20. The van der Waals surface area contributed by atoms with Gasteiger partial charge in [-0.1, -0.05) is 71.1 Å². The third-order valence-corrected chi connectivity index (χ3v) is 3.85. The number of hydrogen-bond acceptors (Lipinski definition) is 3. The van der Waals surface area contributed by atoms with E-state index in [1.807, 2.05) is 0 Å². The van der Waals surface area contributed by atoms with Crippen LogP contribution in [0.4, 0.5) is 0 Å². The van der Waals surface area contributed by atoms with E-state index in [0.29, 0.717) is 6.42 Å². The highest BCUT2D eigenvalue weighted by atomic mass is 16.4. The minimum absolute atomic E-state index is 0.130. The zero-order valence-corrected chi connectivity index (χ0v) is 13.3. The molecule has 0 saturated heterocycles. The second-order valence-electron chi connectivity index (χ2n) is 5.90. The number of hydrogen-bond donors (Lipinski definition) is 3. The molecule has 124 valence electrons. The average molecular weight is 301 g/mol. The molecule has 0 spiro atoms. The van der Waals surface area contributed by atoms with E-state index in [2.05, 4.69) is 6.92 Å². The third kappa shape index (κ3) is 10.3. The molecule has 5 heteroatoms. The highest BCUT2D eigenvalue weighted by molar-refractivity contribution is 5.87. The van der Waals surface area contributed by atoms with Crippen molar-refractivity contribution in [3.63, 3.8) is 0 Å². The van der Waals surface area contributed by atoms with Gasteiger partial charge in [0.1, 0.15) is 0 Å². The van der Waals surface area contributed by atoms with Crippen LogP contribution in [0.25, 0.3) is 0 Å². The van der Waals surface area contributed by atoms with Crippen molar-refractivity contribution in [2.24, 2.45) is 5.73 Å². The minimum Gasteiger partial charge on any atom is -0.481 e. The normalized spacial score (nSPS) is 13.8. The van der Waals surface area contributed by atoms with Gasteiger partial charge in [0.2, 0.25) is 5.91 Å². The number of nitrogens with two attached hydrogens (primary N) is 1. The molecule has 0 aliphatic carbocycles. The zero-order chi connectivity index (χ0) is 16.1. The molecule has 0 aromatic heterocycles. The Morgan fingerprint density at radius 1 is 0.905 bits per heavy atom. The van der Waals surface area contributed by atoms with Gasteiger partial charge >= 0.3 is 5.97 Å². The highest BCUT2D eigenvalue weighted by Gasteiger charge is 2.35. The van der Waals surface area contributed by atoms with Crippen molar-refractivity contribution >= 4 is 11.9 Å². The summed E-state index contributed by atoms with van der Waals surface area (Å²) < 4.78 is 0. The van der Waals surface area contributed by atoms with Crippen LogP contribution in [0.5, 0.6) is 0 Å². The second kappa shape index (κ2) is 11.5. The molecule has 0 aliphatic rings. The third-order valence-electron chi connectivity index (χ3n) is 3.85. The van der Waals surface area contributed by atoms with E-state index >= 15 is 0 Å². The van der Waals surface area contributed by atoms with Gasteiger partial charge in [0, 0.05) is 0 Å². The molecule has 0 aromatic carbocycles. The molecular formula is C16H31NO4. The number of carbonyl (C=O) groups is 2. The van der Waals surface area contributed by atoms with Crippen molar-refractivity contribution in [2.45, 2.75) is 89.6 Å². The van der Waals surface area contributed by atoms with Crippen molar-refractivity contribution in [1.29, 1.82) is 0 Å². The first-order chi connectivity index (χ1) is 9.92. The Balaban J connectivity index is 3.64. The van der Waals surface area contributed by atoms with E-state index in [0.717, 1.165) is 19.3 Å². The number of carboxylic acid groups (broad SMARTS) is 1. The maximum Gasteiger partial charge on any atom is 0.306 e. The molecule has 0 aromatic rings. The quantitative estimate of drug-likeness (QED) is 0.429. The van der Waals surface area contributed by atoms with E-state index in [1.165, 1.54) is 38.5 Å². The zero-order valence-electron chi connectivity index (χ0n) is 13.3. The van der Waals surface area contributed by atoms with Crippen molar-refractivity contribution in [3.05, 3.63) is 0 Å². The number of aliphatic carboxylic acids is 1. The van der Waals surface area contributed by atoms with Crippen LogP contribution in [0.15, 0.2) is 0 Å². The van der Waals surface area contributed by atoms with E-state index < -0.39 is 23.9 Å². The number of rotatable bonds is 14. The molecule has 21 heavy (non-hydrogen) atoms. The van der Waals surface area contributed by atoms with Gasteiger partial charge in [-0.2, -0.15) is 0 Å². The van der Waals surface area contributed by atoms with Crippen LogP contribution in [0.1, 0.15) is 84.0 Å². The predicted molar refractivity (Wildman–Crippen MR) is 82.9 cm³/mol. The molecule has 0 bridgehead atoms. The number of carboxylic acids is 1. The van der Waals surface area contributed by atoms with Crippen LogP contribution in [-0.2, 0) is 9.59 Å². The molecule has 0 rings (SSSR count). The molecule has 1 unspecified atom stereocenters. The van der Waals surface area contributed by atoms with E-state index in [1.54, 1.807) is 0 Å². The molecule has 1 amide bonds. The predicted octanol–water partition coefficient (Wildman–Crippen LogP) is 2.99. The minimum atomic E-state index is -1.90. The lowest BCUT2D eigenvalue weighted by atomic mass is 9.91. The lowest BCUT2D eigenvalue weighted by Gasteiger charge is -2.22. The van der Waals surface area contributed by atoms with Crippen molar-refractivity contribution in [1.82, 2.24) is 0 Å². The summed E-state index contributed by atoms with van der Waals surface area (Å²) in [5.74, 6) is -2.15. The topological polar surface area (TPSA) is 101 Å². The van der Waals surface area contributed by atoms with Crippen LogP contribution in [0.3, 0.4) is 0 Å². The molecule has 0 fully saturated rings. The molecule has 0 heterocycles. The number of aliphatic hydroxyl groups is 1. The molecule has 0 radical (unpaired) electrons. The SMILES string of the molecule is CCCCCCCCCCCCC(O)(CC(=O)O)C(N)=O. The molecular weight excluding hydrogens is 270 g/mol. The summed E-state index contributed by atoms with van der Waals surface area (Å²) >= 11 is 0. The summed E-state index contributed by atoms with van der Waals surface area (Å²) in [7, 11) is 0. The van der Waals surface area contributed by atoms with E-state index in [4.69, 9.17) is 10.8 Å². The molecule has 1 atom stereocenters. The maximum absolute atomic E-state index is 11.2. The molecule has 0 saturated carbocycles. The number of amides is 1. The summed E-state index contributed by atoms with van der Waals surface area (Å²) in [6, 6.07) is 0. The number of primary amides is 1. The van der Waals surface area contributed by atoms with Crippen LogP contribution in [0.2, 0.25) is 0 Å². The Kier molecular flexibility index (Phi) is 10.9. The van der Waals surface area contributed by atoms with Crippen LogP contribution >= 0.6 is 0 Å². The fourth-order valence-corrected chi connectivity index (χ4v) is 2.45. The van der Waals surface area contributed by atoms with Gasteiger partial charge in [0.25, 0.3) is 0 Å². The van der Waals surface area contributed by atoms with Crippen molar-refractivity contribution < 1.29 is 19.8 Å².